The first kappa shape index (κ1) is 19.8. The first-order valence-corrected chi connectivity index (χ1v) is 10.3. The van der Waals surface area contributed by atoms with Gasteiger partial charge in [-0.25, -0.2) is 4.98 Å². The SMILES string of the molecule is CN(C)c1ccc(CN(C[C@H]2CCCO2)C(=O)CSc2nccn2C)cc1. The Morgan fingerprint density at radius 1 is 1.33 bits per heavy atom. The summed E-state index contributed by atoms with van der Waals surface area (Å²) >= 11 is 1.48. The molecule has 1 aliphatic heterocycles. The van der Waals surface area contributed by atoms with Crippen molar-refractivity contribution in [3.63, 3.8) is 0 Å². The molecule has 6 nitrogen and oxygen atoms in total. The molecule has 2 heterocycles. The molecule has 0 bridgehead atoms. The number of anilines is 1. The Morgan fingerprint density at radius 3 is 2.70 bits per heavy atom. The molecule has 27 heavy (non-hydrogen) atoms. The van der Waals surface area contributed by atoms with Gasteiger partial charge in [-0.1, -0.05) is 23.9 Å². The number of thioether (sulfide) groups is 1. The maximum absolute atomic E-state index is 12.9. The van der Waals surface area contributed by atoms with Crippen LogP contribution in [0.15, 0.2) is 41.8 Å². The average molecular weight is 389 g/mol. The molecule has 1 atom stereocenters. The molecule has 1 saturated heterocycles. The van der Waals surface area contributed by atoms with Crippen LogP contribution in [0.2, 0.25) is 0 Å². The van der Waals surface area contributed by atoms with E-state index in [9.17, 15) is 4.79 Å². The molecule has 0 spiro atoms. The van der Waals surface area contributed by atoms with E-state index in [0.29, 0.717) is 18.8 Å². The Kier molecular flexibility index (Phi) is 6.79. The summed E-state index contributed by atoms with van der Waals surface area (Å²) in [6.07, 6.45) is 5.89. The lowest BCUT2D eigenvalue weighted by molar-refractivity contribution is -0.130. The minimum absolute atomic E-state index is 0.121. The third kappa shape index (κ3) is 5.49. The van der Waals surface area contributed by atoms with Crippen molar-refractivity contribution in [3.8, 4) is 0 Å². The minimum atomic E-state index is 0.121. The quantitative estimate of drug-likeness (QED) is 0.651. The van der Waals surface area contributed by atoms with Gasteiger partial charge in [-0.3, -0.25) is 4.79 Å². The Bertz CT molecular complexity index is 739. The highest BCUT2D eigenvalue weighted by Crippen LogP contribution is 2.20. The highest BCUT2D eigenvalue weighted by molar-refractivity contribution is 7.99. The number of amides is 1. The molecule has 0 unspecified atom stereocenters. The molecule has 0 aliphatic carbocycles. The lowest BCUT2D eigenvalue weighted by Gasteiger charge is -2.26. The molecular weight excluding hydrogens is 360 g/mol. The maximum atomic E-state index is 12.9. The van der Waals surface area contributed by atoms with Crippen LogP contribution in [0.5, 0.6) is 0 Å². The fourth-order valence-corrected chi connectivity index (χ4v) is 3.95. The molecule has 1 aliphatic rings. The van der Waals surface area contributed by atoms with E-state index < -0.39 is 0 Å². The van der Waals surface area contributed by atoms with Gasteiger partial charge in [0, 0.05) is 58.9 Å². The van der Waals surface area contributed by atoms with Crippen LogP contribution in [-0.4, -0.2) is 59.5 Å². The number of aromatic nitrogens is 2. The topological polar surface area (TPSA) is 50.6 Å². The molecule has 0 N–H and O–H groups in total. The molecule has 7 heteroatoms. The van der Waals surface area contributed by atoms with Crippen molar-refractivity contribution in [1.82, 2.24) is 14.5 Å². The van der Waals surface area contributed by atoms with Crippen LogP contribution >= 0.6 is 11.8 Å². The molecule has 3 rings (SSSR count). The number of carbonyl (C=O) groups excluding carboxylic acids is 1. The lowest BCUT2D eigenvalue weighted by Crippen LogP contribution is -2.38. The van der Waals surface area contributed by atoms with Crippen molar-refractivity contribution in [2.24, 2.45) is 7.05 Å². The molecule has 1 aromatic carbocycles. The number of nitrogens with zero attached hydrogens (tertiary/aromatic N) is 4. The summed E-state index contributed by atoms with van der Waals surface area (Å²) in [5.41, 5.74) is 2.29. The van der Waals surface area contributed by atoms with Crippen molar-refractivity contribution >= 4 is 23.4 Å². The van der Waals surface area contributed by atoms with E-state index in [-0.39, 0.29) is 12.0 Å². The van der Waals surface area contributed by atoms with Gasteiger partial charge in [0.25, 0.3) is 0 Å². The van der Waals surface area contributed by atoms with E-state index in [1.807, 2.05) is 36.8 Å². The van der Waals surface area contributed by atoms with Gasteiger partial charge in [-0.05, 0) is 30.5 Å². The van der Waals surface area contributed by atoms with Gasteiger partial charge < -0.3 is 19.1 Å². The summed E-state index contributed by atoms with van der Waals surface area (Å²) in [4.78, 5) is 21.2. The standard InChI is InChI=1S/C20H28N4O2S/c1-22(2)17-8-6-16(7-9-17)13-24(14-18-5-4-12-26-18)19(25)15-27-20-21-10-11-23(20)3/h6-11,18H,4-5,12-15H2,1-3H3/t18-/m1/s1. The predicted molar refractivity (Wildman–Crippen MR) is 109 cm³/mol. The third-order valence-corrected chi connectivity index (χ3v) is 5.77. The molecule has 146 valence electrons. The summed E-state index contributed by atoms with van der Waals surface area (Å²) in [7, 11) is 5.99. The normalized spacial score (nSPS) is 16.5. The fourth-order valence-electron chi connectivity index (χ4n) is 3.12. The monoisotopic (exact) mass is 388 g/mol. The number of carbonyl (C=O) groups is 1. The van der Waals surface area contributed by atoms with Gasteiger partial charge >= 0.3 is 0 Å². The number of ether oxygens (including phenoxy) is 1. The van der Waals surface area contributed by atoms with E-state index >= 15 is 0 Å². The van der Waals surface area contributed by atoms with Crippen LogP contribution in [0, 0.1) is 0 Å². The highest BCUT2D eigenvalue weighted by atomic mass is 32.2. The molecular formula is C20H28N4O2S. The minimum Gasteiger partial charge on any atom is -0.378 e. The van der Waals surface area contributed by atoms with Gasteiger partial charge in [-0.2, -0.15) is 0 Å². The molecule has 1 fully saturated rings. The van der Waals surface area contributed by atoms with Gasteiger partial charge in [-0.15, -0.1) is 0 Å². The van der Waals surface area contributed by atoms with E-state index in [0.717, 1.165) is 35.9 Å². The smallest absolute Gasteiger partial charge is 0.233 e. The molecule has 0 saturated carbocycles. The van der Waals surface area contributed by atoms with E-state index in [4.69, 9.17) is 4.74 Å². The van der Waals surface area contributed by atoms with Gasteiger partial charge in [0.15, 0.2) is 5.16 Å². The first-order valence-electron chi connectivity index (χ1n) is 9.28. The zero-order valence-corrected chi connectivity index (χ0v) is 17.1. The number of hydrogen-bond acceptors (Lipinski definition) is 5. The highest BCUT2D eigenvalue weighted by Gasteiger charge is 2.23. The van der Waals surface area contributed by atoms with Crippen LogP contribution < -0.4 is 4.90 Å². The molecule has 2 aromatic rings. The van der Waals surface area contributed by atoms with E-state index in [1.165, 1.54) is 11.8 Å². The summed E-state index contributed by atoms with van der Waals surface area (Å²) in [6.45, 7) is 2.05. The average Bonchev–Trinajstić information content (AvgIpc) is 3.31. The second-order valence-electron chi connectivity index (χ2n) is 7.08. The fraction of sp³-hybridized carbons (Fsp3) is 0.500. The van der Waals surface area contributed by atoms with Gasteiger partial charge in [0.1, 0.15) is 0 Å². The summed E-state index contributed by atoms with van der Waals surface area (Å²) in [6, 6.07) is 8.37. The Morgan fingerprint density at radius 2 is 2.11 bits per heavy atom. The Labute approximate surface area is 165 Å². The van der Waals surface area contributed by atoms with Crippen molar-refractivity contribution < 1.29 is 9.53 Å². The van der Waals surface area contributed by atoms with E-state index in [2.05, 4.69) is 34.1 Å². The van der Waals surface area contributed by atoms with E-state index in [1.54, 1.807) is 6.20 Å². The Hall–Kier alpha value is -1.99. The van der Waals surface area contributed by atoms with Crippen molar-refractivity contribution in [2.75, 3.05) is 37.9 Å². The summed E-state index contributed by atoms with van der Waals surface area (Å²) < 4.78 is 7.70. The lowest BCUT2D eigenvalue weighted by atomic mass is 10.1. The van der Waals surface area contributed by atoms with Crippen LogP contribution in [0.4, 0.5) is 5.69 Å². The number of rotatable bonds is 8. The Balaban J connectivity index is 1.65. The van der Waals surface area contributed by atoms with Crippen LogP contribution in [-0.2, 0) is 23.1 Å². The zero-order valence-electron chi connectivity index (χ0n) is 16.3. The summed E-state index contributed by atoms with van der Waals surface area (Å²) in [5, 5.41) is 0.857. The van der Waals surface area contributed by atoms with Crippen LogP contribution in [0.3, 0.4) is 0 Å². The largest absolute Gasteiger partial charge is 0.378 e. The molecule has 1 amide bonds. The van der Waals surface area contributed by atoms with Crippen LogP contribution in [0.25, 0.3) is 0 Å². The summed E-state index contributed by atoms with van der Waals surface area (Å²) in [5.74, 6) is 0.503. The zero-order chi connectivity index (χ0) is 19.2. The first-order chi connectivity index (χ1) is 13.0. The van der Waals surface area contributed by atoms with Crippen molar-refractivity contribution in [1.29, 1.82) is 0 Å². The maximum Gasteiger partial charge on any atom is 0.233 e. The number of hydrogen-bond donors (Lipinski definition) is 0. The molecule has 1 aromatic heterocycles. The van der Waals surface area contributed by atoms with Crippen LogP contribution in [0.1, 0.15) is 18.4 Å². The van der Waals surface area contributed by atoms with Gasteiger partial charge in [0.2, 0.25) is 5.91 Å². The predicted octanol–water partition coefficient (Wildman–Crippen LogP) is 2.79. The van der Waals surface area contributed by atoms with Crippen molar-refractivity contribution in [3.05, 3.63) is 42.2 Å². The number of imidazole rings is 1. The number of aryl methyl sites for hydroxylation is 1. The second-order valence-corrected chi connectivity index (χ2v) is 8.02. The third-order valence-electron chi connectivity index (χ3n) is 4.73. The van der Waals surface area contributed by atoms with Crippen molar-refractivity contribution in [2.45, 2.75) is 30.6 Å². The second kappa shape index (κ2) is 9.28. The van der Waals surface area contributed by atoms with Gasteiger partial charge in [0.05, 0.1) is 11.9 Å². The number of benzene rings is 1. The molecule has 0 radical (unpaired) electrons.